The van der Waals surface area contributed by atoms with Gasteiger partial charge in [0.2, 0.25) is 0 Å². The lowest BCUT2D eigenvalue weighted by Gasteiger charge is -2.19. The van der Waals surface area contributed by atoms with Crippen molar-refractivity contribution < 1.29 is 14.3 Å². The van der Waals surface area contributed by atoms with Gasteiger partial charge in [0.15, 0.2) is 12.8 Å². The standard InChI is InChI=1S/C19H22N2O3S/c1-4-11-21(19(22)24-5-2)18-17(12-15(3)25-18)14-20(23)13-16-9-7-6-8-10-16/h4,6-10,12,14H,1,5,11,13H2,2-3H3/b20-14-. The van der Waals surface area contributed by atoms with E-state index in [2.05, 4.69) is 6.58 Å². The highest BCUT2D eigenvalue weighted by Crippen LogP contribution is 2.31. The smallest absolute Gasteiger partial charge is 0.415 e. The lowest BCUT2D eigenvalue weighted by Crippen LogP contribution is -2.31. The molecule has 0 saturated carbocycles. The van der Waals surface area contributed by atoms with Crippen LogP contribution in [0.1, 0.15) is 22.9 Å². The van der Waals surface area contributed by atoms with Gasteiger partial charge in [-0.3, -0.25) is 4.90 Å². The molecule has 2 rings (SSSR count). The number of hydroxylamine groups is 1. The lowest BCUT2D eigenvalue weighted by molar-refractivity contribution is -0.469. The molecule has 0 N–H and O–H groups in total. The number of aryl methyl sites for hydroxylation is 1. The summed E-state index contributed by atoms with van der Waals surface area (Å²) in [6, 6.07) is 11.4. The fourth-order valence-corrected chi connectivity index (χ4v) is 3.34. The molecule has 2 aromatic rings. The van der Waals surface area contributed by atoms with Crippen LogP contribution in [0, 0.1) is 12.1 Å². The normalized spacial score (nSPS) is 11.2. The summed E-state index contributed by atoms with van der Waals surface area (Å²) in [5, 5.41) is 13.0. The maximum atomic E-state index is 12.3. The summed E-state index contributed by atoms with van der Waals surface area (Å²) in [7, 11) is 0. The molecule has 0 fully saturated rings. The van der Waals surface area contributed by atoms with Gasteiger partial charge in [-0.05, 0) is 19.9 Å². The number of hydrogen-bond acceptors (Lipinski definition) is 4. The fraction of sp³-hybridized carbons (Fsp3) is 0.263. The minimum Gasteiger partial charge on any atom is -0.624 e. The van der Waals surface area contributed by atoms with Crippen molar-refractivity contribution in [1.82, 2.24) is 0 Å². The molecule has 5 nitrogen and oxygen atoms in total. The number of nitrogens with zero attached hydrogens (tertiary/aromatic N) is 2. The Hall–Kier alpha value is -2.60. The Morgan fingerprint density at radius 2 is 2.12 bits per heavy atom. The van der Waals surface area contributed by atoms with Crippen LogP contribution in [0.25, 0.3) is 0 Å². The third kappa shape index (κ3) is 5.19. The SMILES string of the molecule is C=CCN(C(=O)OCC)c1sc(C)cc1/C=[N+](\[O-])Cc1ccccc1. The van der Waals surface area contributed by atoms with Crippen molar-refractivity contribution in [2.45, 2.75) is 20.4 Å². The highest BCUT2D eigenvalue weighted by molar-refractivity contribution is 7.16. The van der Waals surface area contributed by atoms with E-state index in [9.17, 15) is 10.0 Å². The predicted molar refractivity (Wildman–Crippen MR) is 103 cm³/mol. The molecule has 0 radical (unpaired) electrons. The van der Waals surface area contributed by atoms with Gasteiger partial charge in [-0.1, -0.05) is 36.4 Å². The third-order valence-electron chi connectivity index (χ3n) is 3.37. The van der Waals surface area contributed by atoms with E-state index in [0.29, 0.717) is 17.1 Å². The van der Waals surface area contributed by atoms with E-state index in [1.165, 1.54) is 22.5 Å². The minimum absolute atomic E-state index is 0.246. The van der Waals surface area contributed by atoms with Crippen LogP contribution in [0.4, 0.5) is 9.80 Å². The summed E-state index contributed by atoms with van der Waals surface area (Å²) < 4.78 is 5.99. The Kier molecular flexibility index (Phi) is 6.77. The summed E-state index contributed by atoms with van der Waals surface area (Å²) >= 11 is 1.45. The third-order valence-corrected chi connectivity index (χ3v) is 4.46. The number of benzene rings is 1. The first kappa shape index (κ1) is 18.7. The van der Waals surface area contributed by atoms with Gasteiger partial charge in [0.25, 0.3) is 0 Å². The van der Waals surface area contributed by atoms with Crippen LogP contribution >= 0.6 is 11.3 Å². The average molecular weight is 358 g/mol. The molecule has 0 aliphatic heterocycles. The highest BCUT2D eigenvalue weighted by Gasteiger charge is 2.22. The second kappa shape index (κ2) is 9.03. The van der Waals surface area contributed by atoms with Crippen LogP contribution in [-0.4, -0.2) is 30.2 Å². The molecule has 1 amide bonds. The molecule has 0 atom stereocenters. The molecule has 1 aromatic heterocycles. The van der Waals surface area contributed by atoms with E-state index in [-0.39, 0.29) is 13.2 Å². The van der Waals surface area contributed by atoms with Gasteiger partial charge >= 0.3 is 6.09 Å². The Morgan fingerprint density at radius 3 is 2.76 bits per heavy atom. The van der Waals surface area contributed by atoms with Crippen molar-refractivity contribution in [2.24, 2.45) is 0 Å². The highest BCUT2D eigenvalue weighted by atomic mass is 32.1. The van der Waals surface area contributed by atoms with E-state index in [1.807, 2.05) is 43.3 Å². The molecular weight excluding hydrogens is 336 g/mol. The number of hydrogen-bond donors (Lipinski definition) is 0. The van der Waals surface area contributed by atoms with Crippen LogP contribution in [-0.2, 0) is 11.3 Å². The first-order valence-electron chi connectivity index (χ1n) is 8.03. The summed E-state index contributed by atoms with van der Waals surface area (Å²) in [5.41, 5.74) is 1.62. The van der Waals surface area contributed by atoms with Gasteiger partial charge in [0.05, 0.1) is 12.2 Å². The monoisotopic (exact) mass is 358 g/mol. The molecule has 0 spiro atoms. The van der Waals surface area contributed by atoms with Gasteiger partial charge in [0, 0.05) is 17.0 Å². The largest absolute Gasteiger partial charge is 0.624 e. The van der Waals surface area contributed by atoms with Gasteiger partial charge in [0.1, 0.15) is 5.00 Å². The predicted octanol–water partition coefficient (Wildman–Crippen LogP) is 4.33. The Labute approximate surface area is 152 Å². The summed E-state index contributed by atoms with van der Waals surface area (Å²) in [6.07, 6.45) is 2.70. The minimum atomic E-state index is -0.445. The summed E-state index contributed by atoms with van der Waals surface area (Å²) in [4.78, 5) is 14.7. The lowest BCUT2D eigenvalue weighted by atomic mass is 10.2. The molecule has 1 heterocycles. The van der Waals surface area contributed by atoms with E-state index >= 15 is 0 Å². The summed E-state index contributed by atoms with van der Waals surface area (Å²) in [6.45, 7) is 8.25. The molecule has 132 valence electrons. The number of carbonyl (C=O) groups excluding carboxylic acids is 1. The van der Waals surface area contributed by atoms with Crippen LogP contribution in [0.5, 0.6) is 0 Å². The number of anilines is 1. The van der Waals surface area contributed by atoms with Gasteiger partial charge in [-0.25, -0.2) is 9.53 Å². The molecule has 0 saturated heterocycles. The zero-order valence-corrected chi connectivity index (χ0v) is 15.3. The first-order valence-corrected chi connectivity index (χ1v) is 8.85. The number of ether oxygens (including phenoxy) is 1. The van der Waals surface area contributed by atoms with Crippen molar-refractivity contribution in [3.8, 4) is 0 Å². The number of amides is 1. The van der Waals surface area contributed by atoms with Crippen molar-refractivity contribution in [3.05, 3.63) is 70.3 Å². The maximum Gasteiger partial charge on any atom is 0.415 e. The Bertz CT molecular complexity index is 753. The van der Waals surface area contributed by atoms with Gasteiger partial charge in [-0.2, -0.15) is 0 Å². The molecule has 0 aliphatic rings. The molecule has 0 aliphatic carbocycles. The van der Waals surface area contributed by atoms with E-state index in [0.717, 1.165) is 15.2 Å². The van der Waals surface area contributed by atoms with Crippen LogP contribution < -0.4 is 4.90 Å². The van der Waals surface area contributed by atoms with E-state index in [4.69, 9.17) is 4.74 Å². The van der Waals surface area contributed by atoms with Crippen molar-refractivity contribution in [2.75, 3.05) is 18.1 Å². The number of thiophene rings is 1. The topological polar surface area (TPSA) is 55.6 Å². The molecule has 0 unspecified atom stereocenters. The zero-order valence-electron chi connectivity index (χ0n) is 14.5. The van der Waals surface area contributed by atoms with E-state index < -0.39 is 6.09 Å². The second-order valence-corrected chi connectivity index (χ2v) is 6.64. The Balaban J connectivity index is 2.30. The molecule has 1 aromatic carbocycles. The van der Waals surface area contributed by atoms with Crippen molar-refractivity contribution in [3.63, 3.8) is 0 Å². The molecular formula is C19H22N2O3S. The van der Waals surface area contributed by atoms with Gasteiger partial charge in [-0.15, -0.1) is 17.9 Å². The van der Waals surface area contributed by atoms with E-state index in [1.54, 1.807) is 13.0 Å². The fourth-order valence-electron chi connectivity index (χ4n) is 2.36. The maximum absolute atomic E-state index is 12.3. The number of carbonyl (C=O) groups is 1. The first-order chi connectivity index (χ1) is 12.0. The average Bonchev–Trinajstić information content (AvgIpc) is 2.93. The zero-order chi connectivity index (χ0) is 18.2. The van der Waals surface area contributed by atoms with Gasteiger partial charge < -0.3 is 9.94 Å². The molecule has 0 bridgehead atoms. The van der Waals surface area contributed by atoms with Crippen molar-refractivity contribution >= 4 is 28.6 Å². The van der Waals surface area contributed by atoms with Crippen LogP contribution in [0.15, 0.2) is 49.1 Å². The van der Waals surface area contributed by atoms with Crippen molar-refractivity contribution in [1.29, 1.82) is 0 Å². The quantitative estimate of drug-likeness (QED) is 0.243. The number of rotatable bonds is 7. The second-order valence-electron chi connectivity index (χ2n) is 5.41. The molecule has 25 heavy (non-hydrogen) atoms. The van der Waals surface area contributed by atoms with Crippen LogP contribution in [0.3, 0.4) is 0 Å². The summed E-state index contributed by atoms with van der Waals surface area (Å²) in [5.74, 6) is 0. The Morgan fingerprint density at radius 1 is 1.40 bits per heavy atom. The molecule has 6 heteroatoms. The van der Waals surface area contributed by atoms with Crippen LogP contribution in [0.2, 0.25) is 0 Å².